The molecule has 3 heterocycles. The average Bonchev–Trinajstić information content (AvgIpc) is 3.37. The molecule has 0 spiro atoms. The zero-order valence-electron chi connectivity index (χ0n) is 17.8. The number of carbonyl (C=O) groups excluding carboxylic acids is 1. The van der Waals surface area contributed by atoms with Crippen LogP contribution in [0.3, 0.4) is 0 Å². The number of amides is 1. The number of amidine groups is 1. The Kier molecular flexibility index (Phi) is 5.75. The van der Waals surface area contributed by atoms with Gasteiger partial charge in [-0.3, -0.25) is 9.78 Å². The molecule has 0 radical (unpaired) electrons. The molecule has 1 saturated heterocycles. The van der Waals surface area contributed by atoms with Crippen LogP contribution in [0.25, 0.3) is 0 Å². The van der Waals surface area contributed by atoms with Gasteiger partial charge in [0.25, 0.3) is 5.91 Å². The van der Waals surface area contributed by atoms with Crippen molar-refractivity contribution in [1.82, 2.24) is 15.2 Å². The van der Waals surface area contributed by atoms with E-state index in [1.165, 1.54) is 25.7 Å². The number of rotatable bonds is 4. The van der Waals surface area contributed by atoms with E-state index in [4.69, 9.17) is 4.74 Å². The highest BCUT2D eigenvalue weighted by molar-refractivity contribution is 8.14. The summed E-state index contributed by atoms with van der Waals surface area (Å²) in [6.45, 7) is 4.29. The predicted octanol–water partition coefficient (Wildman–Crippen LogP) is 3.90. The molecule has 1 N–H and O–H groups in total. The predicted molar refractivity (Wildman–Crippen MR) is 119 cm³/mol. The Labute approximate surface area is 183 Å². The third-order valence-electron chi connectivity index (χ3n) is 7.43. The molecule has 4 atom stereocenters. The van der Waals surface area contributed by atoms with Crippen LogP contribution in [0.4, 0.5) is 0 Å². The Balaban J connectivity index is 1.12. The lowest BCUT2D eigenvalue weighted by Crippen LogP contribution is -2.44. The fourth-order valence-corrected chi connectivity index (χ4v) is 6.96. The zero-order valence-corrected chi connectivity index (χ0v) is 18.6. The summed E-state index contributed by atoms with van der Waals surface area (Å²) in [7, 11) is 0. The average molecular weight is 429 g/mol. The SMILES string of the molecule is CC1(CC2CCN(C(=O)c3ccncc3)CC2)OCN=C(N[C@H]2C[C@@H]3CC[C@H]2C3)S1. The van der Waals surface area contributed by atoms with Crippen molar-refractivity contribution in [2.24, 2.45) is 22.7 Å². The van der Waals surface area contributed by atoms with Gasteiger partial charge >= 0.3 is 0 Å². The molecule has 5 rings (SSSR count). The summed E-state index contributed by atoms with van der Waals surface area (Å²) < 4.78 is 6.12. The van der Waals surface area contributed by atoms with Crippen LogP contribution in [0.2, 0.25) is 0 Å². The minimum atomic E-state index is -0.232. The van der Waals surface area contributed by atoms with E-state index in [0.717, 1.165) is 54.9 Å². The summed E-state index contributed by atoms with van der Waals surface area (Å²) in [6.07, 6.45) is 11.9. The van der Waals surface area contributed by atoms with Crippen LogP contribution < -0.4 is 5.32 Å². The van der Waals surface area contributed by atoms with Crippen molar-refractivity contribution < 1.29 is 9.53 Å². The molecule has 7 heteroatoms. The van der Waals surface area contributed by atoms with E-state index in [-0.39, 0.29) is 10.8 Å². The first-order valence-electron chi connectivity index (χ1n) is 11.4. The van der Waals surface area contributed by atoms with Crippen molar-refractivity contribution in [2.75, 3.05) is 19.8 Å². The van der Waals surface area contributed by atoms with E-state index in [1.54, 1.807) is 36.3 Å². The molecule has 30 heavy (non-hydrogen) atoms. The topological polar surface area (TPSA) is 66.8 Å². The van der Waals surface area contributed by atoms with Gasteiger partial charge in [0, 0.05) is 37.1 Å². The molecule has 1 unspecified atom stereocenters. The van der Waals surface area contributed by atoms with Gasteiger partial charge in [0.15, 0.2) is 5.17 Å². The molecular weight excluding hydrogens is 396 g/mol. The number of fused-ring (bicyclic) bond motifs is 2. The molecule has 3 fully saturated rings. The third-order valence-corrected chi connectivity index (χ3v) is 8.58. The number of aliphatic imine (C=N–C) groups is 1. The first kappa shape index (κ1) is 20.3. The van der Waals surface area contributed by atoms with Crippen LogP contribution in [0.15, 0.2) is 29.5 Å². The number of ether oxygens (including phenoxy) is 1. The molecule has 4 aliphatic rings. The van der Waals surface area contributed by atoms with E-state index < -0.39 is 0 Å². The molecule has 2 aliphatic heterocycles. The summed E-state index contributed by atoms with van der Waals surface area (Å²) in [6, 6.07) is 4.21. The summed E-state index contributed by atoms with van der Waals surface area (Å²) in [4.78, 5) is 23.0. The van der Waals surface area contributed by atoms with E-state index in [2.05, 4.69) is 22.2 Å². The zero-order chi connectivity index (χ0) is 20.6. The number of thioether (sulfide) groups is 1. The van der Waals surface area contributed by atoms with Gasteiger partial charge in [-0.1, -0.05) is 18.2 Å². The van der Waals surface area contributed by atoms with E-state index in [9.17, 15) is 4.79 Å². The fourth-order valence-electron chi connectivity index (χ4n) is 5.79. The smallest absolute Gasteiger partial charge is 0.253 e. The Morgan fingerprint density at radius 3 is 2.73 bits per heavy atom. The second kappa shape index (κ2) is 8.50. The van der Waals surface area contributed by atoms with Crippen LogP contribution >= 0.6 is 11.8 Å². The van der Waals surface area contributed by atoms with Crippen LogP contribution in [-0.4, -0.2) is 51.8 Å². The highest BCUT2D eigenvalue weighted by Crippen LogP contribution is 2.45. The number of nitrogens with one attached hydrogen (secondary N) is 1. The second-order valence-electron chi connectivity index (χ2n) is 9.57. The Morgan fingerprint density at radius 1 is 1.23 bits per heavy atom. The quantitative estimate of drug-likeness (QED) is 0.788. The van der Waals surface area contributed by atoms with Gasteiger partial charge in [-0.2, -0.15) is 0 Å². The maximum atomic E-state index is 12.7. The van der Waals surface area contributed by atoms with Crippen molar-refractivity contribution in [3.8, 4) is 0 Å². The molecule has 2 saturated carbocycles. The number of pyridine rings is 1. The number of carbonyl (C=O) groups is 1. The van der Waals surface area contributed by atoms with Gasteiger partial charge in [-0.05, 0) is 75.3 Å². The number of hydrogen-bond donors (Lipinski definition) is 1. The maximum Gasteiger partial charge on any atom is 0.253 e. The lowest BCUT2D eigenvalue weighted by molar-refractivity contribution is 0.0160. The van der Waals surface area contributed by atoms with Crippen LogP contribution in [0.1, 0.15) is 62.2 Å². The summed E-state index contributed by atoms with van der Waals surface area (Å²) in [5.74, 6) is 2.47. The Bertz CT molecular complexity index is 796. The first-order valence-corrected chi connectivity index (χ1v) is 12.2. The Hall–Kier alpha value is -1.60. The van der Waals surface area contributed by atoms with E-state index >= 15 is 0 Å². The third kappa shape index (κ3) is 4.37. The second-order valence-corrected chi connectivity index (χ2v) is 11.0. The van der Waals surface area contributed by atoms with Crippen LogP contribution in [-0.2, 0) is 4.74 Å². The highest BCUT2D eigenvalue weighted by atomic mass is 32.2. The van der Waals surface area contributed by atoms with Gasteiger partial charge in [0.2, 0.25) is 0 Å². The fraction of sp³-hybridized carbons (Fsp3) is 0.696. The van der Waals surface area contributed by atoms with Gasteiger partial charge in [-0.25, -0.2) is 4.99 Å². The van der Waals surface area contributed by atoms with Crippen LogP contribution in [0.5, 0.6) is 0 Å². The van der Waals surface area contributed by atoms with Crippen molar-refractivity contribution in [2.45, 2.75) is 62.8 Å². The number of nitrogens with zero attached hydrogens (tertiary/aromatic N) is 3. The van der Waals surface area contributed by atoms with Crippen molar-refractivity contribution in [1.29, 1.82) is 0 Å². The number of aromatic nitrogens is 1. The normalized spacial score (nSPS) is 34.1. The van der Waals surface area contributed by atoms with E-state index in [1.807, 2.05) is 4.90 Å². The standard InChI is InChI=1S/C23H32N4O2S/c1-23(29-15-25-22(30-23)26-20-13-17-2-3-19(20)12-17)14-16-6-10-27(11-7-16)21(28)18-4-8-24-9-5-18/h4-5,8-9,16-17,19-20H,2-3,6-7,10-15H2,1H3,(H,25,26)/t17-,19+,20+,23?/m1/s1. The van der Waals surface area contributed by atoms with Crippen LogP contribution in [0, 0.1) is 17.8 Å². The molecule has 1 amide bonds. The van der Waals surface area contributed by atoms with E-state index in [0.29, 0.717) is 18.7 Å². The van der Waals surface area contributed by atoms with Gasteiger partial charge in [-0.15, -0.1) is 0 Å². The molecule has 2 aliphatic carbocycles. The molecule has 2 bridgehead atoms. The molecule has 1 aromatic heterocycles. The van der Waals surface area contributed by atoms with Crippen molar-refractivity contribution >= 4 is 22.8 Å². The summed E-state index contributed by atoms with van der Waals surface area (Å²) in [5, 5.41) is 4.83. The minimum Gasteiger partial charge on any atom is -0.362 e. The van der Waals surface area contributed by atoms with Gasteiger partial charge < -0.3 is 15.0 Å². The van der Waals surface area contributed by atoms with Gasteiger partial charge in [0.1, 0.15) is 11.7 Å². The highest BCUT2D eigenvalue weighted by Gasteiger charge is 2.42. The Morgan fingerprint density at radius 2 is 2.03 bits per heavy atom. The number of piperidine rings is 1. The molecule has 162 valence electrons. The molecule has 1 aromatic rings. The minimum absolute atomic E-state index is 0.120. The lowest BCUT2D eigenvalue weighted by Gasteiger charge is -2.39. The van der Waals surface area contributed by atoms with Gasteiger partial charge in [0.05, 0.1) is 0 Å². The van der Waals surface area contributed by atoms with Crippen molar-refractivity contribution in [3.63, 3.8) is 0 Å². The maximum absolute atomic E-state index is 12.7. The molecule has 0 aromatic carbocycles. The molecular formula is C23H32N4O2S. The monoisotopic (exact) mass is 428 g/mol. The summed E-state index contributed by atoms with van der Waals surface area (Å²) >= 11 is 1.77. The number of hydrogen-bond acceptors (Lipinski definition) is 6. The largest absolute Gasteiger partial charge is 0.362 e. The molecule has 6 nitrogen and oxygen atoms in total. The number of likely N-dealkylation sites (tertiary alicyclic amines) is 1. The van der Waals surface area contributed by atoms with Crippen molar-refractivity contribution in [3.05, 3.63) is 30.1 Å². The lowest BCUT2D eigenvalue weighted by atomic mass is 9.91. The first-order chi connectivity index (χ1) is 14.6. The summed E-state index contributed by atoms with van der Waals surface area (Å²) in [5.41, 5.74) is 0.731.